The second kappa shape index (κ2) is 11.2. The van der Waals surface area contributed by atoms with Crippen molar-refractivity contribution in [2.75, 3.05) is 0 Å². The number of para-hydroxylation sites is 1. The van der Waals surface area contributed by atoms with Gasteiger partial charge in [0.2, 0.25) is 11.8 Å². The number of nitrogens with two attached hydrogens (primary N) is 2. The Balaban J connectivity index is 1.74. The van der Waals surface area contributed by atoms with Crippen LogP contribution in [0.4, 0.5) is 0 Å². The maximum atomic E-state index is 12.9. The van der Waals surface area contributed by atoms with Crippen LogP contribution >= 0.6 is 0 Å². The maximum Gasteiger partial charge on any atom is 0.271 e. The molecule has 1 heterocycles. The molecular weight excluding hydrogens is 422 g/mol. The van der Waals surface area contributed by atoms with Crippen LogP contribution in [0.2, 0.25) is 0 Å². The van der Waals surface area contributed by atoms with Crippen LogP contribution in [0.25, 0.3) is 10.9 Å². The Morgan fingerprint density at radius 2 is 1.64 bits per heavy atom. The number of carbonyl (C=O) groups is 3. The summed E-state index contributed by atoms with van der Waals surface area (Å²) in [5, 5.41) is 16.8. The lowest BCUT2D eigenvalue weighted by molar-refractivity contribution is -0.127. The van der Waals surface area contributed by atoms with E-state index in [1.165, 1.54) is 0 Å². The van der Waals surface area contributed by atoms with Crippen molar-refractivity contribution >= 4 is 28.6 Å². The van der Waals surface area contributed by atoms with Gasteiger partial charge >= 0.3 is 0 Å². The highest BCUT2D eigenvalue weighted by Crippen LogP contribution is 2.12. The summed E-state index contributed by atoms with van der Waals surface area (Å²) in [6.45, 7) is 0. The molecule has 0 saturated carbocycles. The number of nitrogens with one attached hydrogen (secondary N) is 2. The lowest BCUT2D eigenvalue weighted by Gasteiger charge is -2.26. The second-order valence-corrected chi connectivity index (χ2v) is 7.72. The van der Waals surface area contributed by atoms with Crippen molar-refractivity contribution in [1.29, 1.82) is 0 Å². The van der Waals surface area contributed by atoms with Gasteiger partial charge in [-0.3, -0.25) is 14.4 Å². The Morgan fingerprint density at radius 3 is 2.36 bits per heavy atom. The lowest BCUT2D eigenvalue weighted by Crippen LogP contribution is -2.58. The predicted molar refractivity (Wildman–Crippen MR) is 124 cm³/mol. The number of pyridine rings is 1. The van der Waals surface area contributed by atoms with Gasteiger partial charge in [0, 0.05) is 5.39 Å². The van der Waals surface area contributed by atoms with Gasteiger partial charge in [-0.1, -0.05) is 54.6 Å². The van der Waals surface area contributed by atoms with Crippen molar-refractivity contribution in [3.63, 3.8) is 0 Å². The molecule has 3 rings (SSSR count). The van der Waals surface area contributed by atoms with Crippen molar-refractivity contribution in [2.24, 2.45) is 11.5 Å². The van der Waals surface area contributed by atoms with Gasteiger partial charge in [-0.2, -0.15) is 0 Å². The number of amides is 3. The topological polar surface area (TPSA) is 160 Å². The number of aromatic nitrogens is 1. The number of aliphatic hydroxyl groups is 1. The summed E-state index contributed by atoms with van der Waals surface area (Å²) in [5.74, 6) is -2.03. The van der Waals surface area contributed by atoms with Gasteiger partial charge < -0.3 is 27.2 Å². The molecule has 0 radical (unpaired) electrons. The van der Waals surface area contributed by atoms with Crippen LogP contribution < -0.4 is 22.1 Å². The molecule has 0 fully saturated rings. The number of nitrogens with zero attached hydrogens (tertiary/aromatic N) is 1. The van der Waals surface area contributed by atoms with E-state index >= 15 is 0 Å². The van der Waals surface area contributed by atoms with Gasteiger partial charge in [-0.15, -0.1) is 0 Å². The molecule has 1 unspecified atom stereocenters. The SMILES string of the molecule is NC(=O)C[C@H](N)C(=O)NC(NC(=O)c1ccc2ccccc2n1)[C@H](O)CCc1ccccc1. The fourth-order valence-electron chi connectivity index (χ4n) is 3.33. The van der Waals surface area contributed by atoms with Crippen molar-refractivity contribution in [2.45, 2.75) is 37.6 Å². The van der Waals surface area contributed by atoms with Gasteiger partial charge in [-0.05, 0) is 30.5 Å². The molecule has 172 valence electrons. The van der Waals surface area contributed by atoms with E-state index in [9.17, 15) is 19.5 Å². The van der Waals surface area contributed by atoms with Crippen molar-refractivity contribution in [3.8, 4) is 0 Å². The number of fused-ring (bicyclic) bond motifs is 1. The molecule has 0 spiro atoms. The molecular formula is C24H27N5O4. The molecule has 33 heavy (non-hydrogen) atoms. The first-order valence-corrected chi connectivity index (χ1v) is 10.6. The molecule has 1 aromatic heterocycles. The second-order valence-electron chi connectivity index (χ2n) is 7.72. The zero-order chi connectivity index (χ0) is 23.8. The fraction of sp³-hybridized carbons (Fsp3) is 0.250. The molecule has 0 aliphatic carbocycles. The van der Waals surface area contributed by atoms with Crippen LogP contribution in [0.3, 0.4) is 0 Å². The molecule has 0 aliphatic rings. The Labute approximate surface area is 191 Å². The van der Waals surface area contributed by atoms with E-state index in [2.05, 4.69) is 15.6 Å². The minimum absolute atomic E-state index is 0.129. The number of carbonyl (C=O) groups excluding carboxylic acids is 3. The quantitative estimate of drug-likeness (QED) is 0.285. The maximum absolute atomic E-state index is 12.9. The predicted octanol–water partition coefficient (Wildman–Crippen LogP) is 0.603. The van der Waals surface area contributed by atoms with E-state index < -0.39 is 36.0 Å². The largest absolute Gasteiger partial charge is 0.389 e. The van der Waals surface area contributed by atoms with Gasteiger partial charge in [0.25, 0.3) is 5.91 Å². The van der Waals surface area contributed by atoms with Crippen LogP contribution in [-0.2, 0) is 16.0 Å². The highest BCUT2D eigenvalue weighted by molar-refractivity contribution is 5.95. The third kappa shape index (κ3) is 6.83. The monoisotopic (exact) mass is 449 g/mol. The average molecular weight is 450 g/mol. The van der Waals surface area contributed by atoms with E-state index in [1.807, 2.05) is 48.5 Å². The molecule has 9 heteroatoms. The summed E-state index contributed by atoms with van der Waals surface area (Å²) in [5.41, 5.74) is 12.6. The van der Waals surface area contributed by atoms with Crippen LogP contribution in [0, 0.1) is 0 Å². The van der Waals surface area contributed by atoms with Crippen molar-refractivity contribution in [1.82, 2.24) is 15.6 Å². The molecule has 3 aromatic rings. The molecule has 9 nitrogen and oxygen atoms in total. The minimum atomic E-state index is -1.21. The first-order chi connectivity index (χ1) is 15.8. The number of primary amides is 1. The standard InChI is InChI=1S/C24H27N5O4/c25-17(14-21(26)31)23(32)28-22(20(30)13-10-15-6-2-1-3-7-15)29-24(33)19-12-11-16-8-4-5-9-18(16)27-19/h1-9,11-12,17,20,22,30H,10,13-14,25H2,(H2,26,31)(H,28,32)(H,29,33)/t17-,20+,22?/m0/s1. The number of benzene rings is 2. The molecule has 3 amide bonds. The first-order valence-electron chi connectivity index (χ1n) is 10.6. The Bertz CT molecular complexity index is 1120. The molecule has 0 saturated heterocycles. The van der Waals surface area contributed by atoms with Crippen molar-refractivity contribution < 1.29 is 19.5 Å². The van der Waals surface area contributed by atoms with Gasteiger partial charge in [-0.25, -0.2) is 4.98 Å². The summed E-state index contributed by atoms with van der Waals surface area (Å²) < 4.78 is 0. The lowest BCUT2D eigenvalue weighted by atomic mass is 10.0. The van der Waals surface area contributed by atoms with Crippen molar-refractivity contribution in [3.05, 3.63) is 78.0 Å². The Hall–Kier alpha value is -3.82. The highest BCUT2D eigenvalue weighted by Gasteiger charge is 2.27. The van der Waals surface area contributed by atoms with Gasteiger partial charge in [0.15, 0.2) is 0 Å². The molecule has 2 aromatic carbocycles. The van der Waals surface area contributed by atoms with Gasteiger partial charge in [0.1, 0.15) is 11.9 Å². The number of aliphatic hydroxyl groups excluding tert-OH is 1. The van der Waals surface area contributed by atoms with Gasteiger partial charge in [0.05, 0.1) is 24.1 Å². The zero-order valence-electron chi connectivity index (χ0n) is 18.0. The first kappa shape index (κ1) is 23.8. The van der Waals surface area contributed by atoms with E-state index in [4.69, 9.17) is 11.5 Å². The average Bonchev–Trinajstić information content (AvgIpc) is 2.81. The summed E-state index contributed by atoms with van der Waals surface area (Å²) >= 11 is 0. The number of aryl methyl sites for hydroxylation is 1. The van der Waals surface area contributed by atoms with E-state index in [0.717, 1.165) is 10.9 Å². The number of hydrogen-bond donors (Lipinski definition) is 5. The molecule has 0 bridgehead atoms. The Morgan fingerprint density at radius 1 is 0.939 bits per heavy atom. The summed E-state index contributed by atoms with van der Waals surface area (Å²) in [6.07, 6.45) is -1.86. The smallest absolute Gasteiger partial charge is 0.271 e. The summed E-state index contributed by atoms with van der Waals surface area (Å²) in [6, 6.07) is 19.0. The molecule has 7 N–H and O–H groups in total. The molecule has 3 atom stereocenters. The van der Waals surface area contributed by atoms with E-state index in [1.54, 1.807) is 18.2 Å². The van der Waals surface area contributed by atoms with Crippen LogP contribution in [0.15, 0.2) is 66.7 Å². The normalized spacial score (nSPS) is 13.6. The van der Waals surface area contributed by atoms with E-state index in [-0.39, 0.29) is 18.5 Å². The minimum Gasteiger partial charge on any atom is -0.389 e. The number of rotatable bonds is 10. The third-order valence-corrected chi connectivity index (χ3v) is 5.13. The van der Waals surface area contributed by atoms with E-state index in [0.29, 0.717) is 11.9 Å². The summed E-state index contributed by atoms with van der Waals surface area (Å²) in [4.78, 5) is 40.7. The van der Waals surface area contributed by atoms with Crippen LogP contribution in [-0.4, -0.2) is 46.1 Å². The summed E-state index contributed by atoms with van der Waals surface area (Å²) in [7, 11) is 0. The third-order valence-electron chi connectivity index (χ3n) is 5.13. The van der Waals surface area contributed by atoms with Crippen LogP contribution in [0.1, 0.15) is 28.9 Å². The molecule has 0 aliphatic heterocycles. The Kier molecular flexibility index (Phi) is 8.06. The zero-order valence-corrected chi connectivity index (χ0v) is 18.0. The van der Waals surface area contributed by atoms with Crippen LogP contribution in [0.5, 0.6) is 0 Å². The number of hydrogen-bond acceptors (Lipinski definition) is 6. The fourth-order valence-corrected chi connectivity index (χ4v) is 3.33. The highest BCUT2D eigenvalue weighted by atomic mass is 16.3.